The number of hydrogen-bond acceptors (Lipinski definition) is 6. The molecular formula is C24H27FN4O4S. The number of amides is 1. The van der Waals surface area contributed by atoms with Gasteiger partial charge in [0.05, 0.1) is 22.1 Å². The summed E-state index contributed by atoms with van der Waals surface area (Å²) in [5.74, 6) is -0.347. The quantitative estimate of drug-likeness (QED) is 0.555. The van der Waals surface area contributed by atoms with Crippen molar-refractivity contribution < 1.29 is 22.1 Å². The molecule has 0 aliphatic carbocycles. The highest BCUT2D eigenvalue weighted by molar-refractivity contribution is 7.89. The zero-order valence-electron chi connectivity index (χ0n) is 19.3. The molecule has 1 aliphatic rings. The second-order valence-corrected chi connectivity index (χ2v) is 10.7. The Morgan fingerprint density at radius 2 is 1.94 bits per heavy atom. The lowest BCUT2D eigenvalue weighted by Gasteiger charge is -2.31. The predicted molar refractivity (Wildman–Crippen MR) is 125 cm³/mol. The van der Waals surface area contributed by atoms with E-state index in [2.05, 4.69) is 15.5 Å². The Hall–Kier alpha value is -3.11. The van der Waals surface area contributed by atoms with Crippen LogP contribution >= 0.6 is 0 Å². The Kier molecular flexibility index (Phi) is 6.81. The van der Waals surface area contributed by atoms with E-state index < -0.39 is 21.8 Å². The number of anilines is 1. The summed E-state index contributed by atoms with van der Waals surface area (Å²) in [6.45, 7) is 6.14. The number of carbonyl (C=O) groups is 1. The third kappa shape index (κ3) is 4.88. The number of rotatable bonds is 6. The van der Waals surface area contributed by atoms with Gasteiger partial charge >= 0.3 is 0 Å². The molecule has 2 aromatic carbocycles. The van der Waals surface area contributed by atoms with Crippen LogP contribution in [0.5, 0.6) is 0 Å². The molecule has 0 bridgehead atoms. The number of aryl methyl sites for hydroxylation is 1. The maximum atomic E-state index is 13.2. The van der Waals surface area contributed by atoms with Gasteiger partial charge in [-0.1, -0.05) is 31.1 Å². The number of nitrogens with zero attached hydrogens (tertiary/aromatic N) is 3. The van der Waals surface area contributed by atoms with Crippen molar-refractivity contribution in [1.29, 1.82) is 0 Å². The van der Waals surface area contributed by atoms with E-state index in [4.69, 9.17) is 4.52 Å². The van der Waals surface area contributed by atoms with Crippen molar-refractivity contribution in [2.24, 2.45) is 5.92 Å². The number of nitrogens with one attached hydrogen (secondary N) is 1. The Balaban J connectivity index is 1.54. The fraction of sp³-hybridized carbons (Fsp3) is 0.375. The number of carbonyl (C=O) groups excluding carboxylic acids is 1. The standard InChI is InChI=1S/C24H27FN4O4S/c1-15(2)22-27-24(33-28-22)20-8-4-6-16(3)21(20)26-23(30)17-7-5-13-29(14-17)34(31,32)19-11-9-18(25)10-12-19/h4,6,8-12,15,17H,5,7,13-14H2,1-3H3,(H,26,30). The van der Waals surface area contributed by atoms with Gasteiger partial charge < -0.3 is 9.84 Å². The average Bonchev–Trinajstić information content (AvgIpc) is 3.31. The van der Waals surface area contributed by atoms with E-state index in [-0.39, 0.29) is 23.3 Å². The molecule has 8 nitrogen and oxygen atoms in total. The molecule has 4 rings (SSSR count). The first-order chi connectivity index (χ1) is 16.2. The molecule has 10 heteroatoms. The van der Waals surface area contributed by atoms with Crippen LogP contribution in [0.25, 0.3) is 11.5 Å². The number of piperidine rings is 1. The highest BCUT2D eigenvalue weighted by atomic mass is 32.2. The van der Waals surface area contributed by atoms with Crippen LogP contribution < -0.4 is 5.32 Å². The lowest BCUT2D eigenvalue weighted by molar-refractivity contribution is -0.120. The number of hydrogen-bond donors (Lipinski definition) is 1. The molecule has 0 saturated carbocycles. The molecule has 3 aromatic rings. The van der Waals surface area contributed by atoms with Crippen LogP contribution in [0.3, 0.4) is 0 Å². The van der Waals surface area contributed by atoms with Gasteiger partial charge in [-0.2, -0.15) is 9.29 Å². The predicted octanol–water partition coefficient (Wildman–Crippen LogP) is 4.35. The molecule has 1 atom stereocenters. The van der Waals surface area contributed by atoms with Crippen LogP contribution in [0.4, 0.5) is 10.1 Å². The van der Waals surface area contributed by atoms with Gasteiger partial charge in [-0.3, -0.25) is 4.79 Å². The summed E-state index contributed by atoms with van der Waals surface area (Å²) in [5, 5.41) is 6.97. The van der Waals surface area contributed by atoms with Crippen molar-refractivity contribution >= 4 is 21.6 Å². The van der Waals surface area contributed by atoms with Gasteiger partial charge in [0.1, 0.15) is 5.82 Å². The van der Waals surface area contributed by atoms with Crippen molar-refractivity contribution in [3.05, 3.63) is 59.7 Å². The molecule has 0 spiro atoms. The van der Waals surface area contributed by atoms with Crippen LogP contribution in [-0.4, -0.2) is 41.9 Å². The van der Waals surface area contributed by atoms with Crippen LogP contribution in [0.2, 0.25) is 0 Å². The molecule has 1 aliphatic heterocycles. The fourth-order valence-corrected chi connectivity index (χ4v) is 5.47. The van der Waals surface area contributed by atoms with Crippen molar-refractivity contribution in [3.8, 4) is 11.5 Å². The van der Waals surface area contributed by atoms with Crippen molar-refractivity contribution in [3.63, 3.8) is 0 Å². The smallest absolute Gasteiger partial charge is 0.260 e. The molecule has 1 amide bonds. The molecule has 1 N–H and O–H groups in total. The highest BCUT2D eigenvalue weighted by Crippen LogP contribution is 2.32. The molecular weight excluding hydrogens is 459 g/mol. The minimum atomic E-state index is -3.83. The van der Waals surface area contributed by atoms with Crippen molar-refractivity contribution in [2.45, 2.75) is 44.4 Å². The fourth-order valence-electron chi connectivity index (χ4n) is 3.95. The zero-order chi connectivity index (χ0) is 24.5. The summed E-state index contributed by atoms with van der Waals surface area (Å²) < 4.78 is 46.0. The second-order valence-electron chi connectivity index (χ2n) is 8.76. The summed E-state index contributed by atoms with van der Waals surface area (Å²) in [6.07, 6.45) is 1.10. The molecule has 0 radical (unpaired) electrons. The Bertz CT molecular complexity index is 1290. The molecule has 2 heterocycles. The van der Waals surface area contributed by atoms with E-state index in [0.717, 1.165) is 17.7 Å². The normalized spacial score (nSPS) is 17.1. The number of aromatic nitrogens is 2. The first kappa shape index (κ1) is 24.0. The summed E-state index contributed by atoms with van der Waals surface area (Å²) in [7, 11) is -3.83. The van der Waals surface area contributed by atoms with Gasteiger partial charge in [0.15, 0.2) is 5.82 Å². The molecule has 180 valence electrons. The van der Waals surface area contributed by atoms with Gasteiger partial charge in [0.25, 0.3) is 5.89 Å². The number of para-hydroxylation sites is 1. The van der Waals surface area contributed by atoms with E-state index in [9.17, 15) is 17.6 Å². The lowest BCUT2D eigenvalue weighted by Crippen LogP contribution is -2.43. The minimum Gasteiger partial charge on any atom is -0.334 e. The third-order valence-corrected chi connectivity index (χ3v) is 7.80. The van der Waals surface area contributed by atoms with Gasteiger partial charge in [0, 0.05) is 19.0 Å². The van der Waals surface area contributed by atoms with E-state index >= 15 is 0 Å². The summed E-state index contributed by atoms with van der Waals surface area (Å²) >= 11 is 0. The molecule has 1 fully saturated rings. The summed E-state index contributed by atoms with van der Waals surface area (Å²) in [6, 6.07) is 10.2. The van der Waals surface area contributed by atoms with Crippen LogP contribution in [0, 0.1) is 18.7 Å². The summed E-state index contributed by atoms with van der Waals surface area (Å²) in [5.41, 5.74) is 1.99. The van der Waals surface area contributed by atoms with E-state index in [0.29, 0.717) is 42.4 Å². The monoisotopic (exact) mass is 486 g/mol. The molecule has 1 unspecified atom stereocenters. The van der Waals surface area contributed by atoms with E-state index in [1.54, 1.807) is 6.07 Å². The van der Waals surface area contributed by atoms with Crippen molar-refractivity contribution in [2.75, 3.05) is 18.4 Å². The van der Waals surface area contributed by atoms with Gasteiger partial charge in [-0.15, -0.1) is 0 Å². The topological polar surface area (TPSA) is 105 Å². The minimum absolute atomic E-state index is 0.00787. The van der Waals surface area contributed by atoms with Crippen molar-refractivity contribution in [1.82, 2.24) is 14.4 Å². The third-order valence-electron chi connectivity index (χ3n) is 5.92. The molecule has 34 heavy (non-hydrogen) atoms. The van der Waals surface area contributed by atoms with E-state index in [1.165, 1.54) is 16.4 Å². The maximum Gasteiger partial charge on any atom is 0.260 e. The molecule has 1 aromatic heterocycles. The Morgan fingerprint density at radius 1 is 1.21 bits per heavy atom. The number of sulfonamides is 1. The van der Waals surface area contributed by atoms with Gasteiger partial charge in [-0.25, -0.2) is 12.8 Å². The van der Waals surface area contributed by atoms with Gasteiger partial charge in [-0.05, 0) is 55.7 Å². The second kappa shape index (κ2) is 9.63. The number of benzene rings is 2. The Labute approximate surface area is 198 Å². The highest BCUT2D eigenvalue weighted by Gasteiger charge is 2.34. The molecule has 1 saturated heterocycles. The lowest BCUT2D eigenvalue weighted by atomic mass is 9.98. The number of halogens is 1. The average molecular weight is 487 g/mol. The zero-order valence-corrected chi connectivity index (χ0v) is 20.1. The van der Waals surface area contributed by atoms with E-state index in [1.807, 2.05) is 32.9 Å². The first-order valence-corrected chi connectivity index (χ1v) is 12.6. The van der Waals surface area contributed by atoms with Crippen LogP contribution in [-0.2, 0) is 14.8 Å². The van der Waals surface area contributed by atoms with Gasteiger partial charge in [0.2, 0.25) is 15.9 Å². The largest absolute Gasteiger partial charge is 0.334 e. The Morgan fingerprint density at radius 3 is 2.62 bits per heavy atom. The summed E-state index contributed by atoms with van der Waals surface area (Å²) in [4.78, 5) is 17.7. The first-order valence-electron chi connectivity index (χ1n) is 11.2. The maximum absolute atomic E-state index is 13.2. The van der Waals surface area contributed by atoms with Crippen LogP contribution in [0.1, 0.15) is 44.0 Å². The van der Waals surface area contributed by atoms with Crippen LogP contribution in [0.15, 0.2) is 51.9 Å². The SMILES string of the molecule is Cc1cccc(-c2nc(C(C)C)no2)c1NC(=O)C1CCCN(S(=O)(=O)c2ccc(F)cc2)C1.